The maximum Gasteiger partial charge on any atom is 0.287 e. The van der Waals surface area contributed by atoms with E-state index in [-0.39, 0.29) is 11.2 Å². The number of hydrogen-bond acceptors (Lipinski definition) is 5. The Labute approximate surface area is 215 Å². The molecule has 8 heteroatoms. The number of nitrogens with one attached hydrogen (secondary N) is 2. The molecule has 5 rings (SSSR count). The molecule has 182 valence electrons. The van der Waals surface area contributed by atoms with E-state index in [0.29, 0.717) is 36.3 Å². The van der Waals surface area contributed by atoms with Crippen molar-refractivity contribution in [2.75, 3.05) is 13.7 Å². The highest BCUT2D eigenvalue weighted by atomic mass is 79.9. The monoisotopic (exact) mass is 546 g/mol. The van der Waals surface area contributed by atoms with Crippen molar-refractivity contribution in [3.8, 4) is 11.5 Å². The smallest absolute Gasteiger partial charge is 0.287 e. The molecule has 0 radical (unpaired) electrons. The lowest BCUT2D eigenvalue weighted by atomic mass is 10.1. The van der Waals surface area contributed by atoms with E-state index < -0.39 is 5.91 Å². The second-order valence-corrected chi connectivity index (χ2v) is 9.20. The first kappa shape index (κ1) is 23.7. The van der Waals surface area contributed by atoms with Crippen molar-refractivity contribution >= 4 is 43.7 Å². The normalized spacial score (nSPS) is 11.1. The van der Waals surface area contributed by atoms with Crippen LogP contribution in [-0.2, 0) is 13.0 Å². The average Bonchev–Trinajstić information content (AvgIpc) is 3.30. The Hall–Kier alpha value is -4.04. The Morgan fingerprint density at radius 2 is 1.81 bits per heavy atom. The lowest BCUT2D eigenvalue weighted by Gasteiger charge is -2.08. The van der Waals surface area contributed by atoms with Crippen LogP contribution in [0.2, 0.25) is 0 Å². The highest BCUT2D eigenvalue weighted by molar-refractivity contribution is 9.10. The molecule has 36 heavy (non-hydrogen) atoms. The molecule has 3 aromatic carbocycles. The summed E-state index contributed by atoms with van der Waals surface area (Å²) in [6, 6.07) is 19.8. The van der Waals surface area contributed by atoms with Crippen molar-refractivity contribution in [2.24, 2.45) is 0 Å². The van der Waals surface area contributed by atoms with Gasteiger partial charge in [0, 0.05) is 40.2 Å². The Morgan fingerprint density at radius 3 is 2.61 bits per heavy atom. The molecule has 5 aromatic rings. The van der Waals surface area contributed by atoms with Gasteiger partial charge in [-0.05, 0) is 60.0 Å². The van der Waals surface area contributed by atoms with Crippen molar-refractivity contribution < 1.29 is 18.7 Å². The molecular weight excluding hydrogens is 524 g/mol. The Balaban J connectivity index is 1.27. The van der Waals surface area contributed by atoms with E-state index in [1.54, 1.807) is 25.3 Å². The van der Waals surface area contributed by atoms with Crippen LogP contribution < -0.4 is 20.2 Å². The number of carbonyl (C=O) groups is 1. The van der Waals surface area contributed by atoms with E-state index in [2.05, 4.69) is 26.2 Å². The number of amides is 1. The fourth-order valence-electron chi connectivity index (χ4n) is 3.97. The number of carbonyl (C=O) groups excluding carboxylic acids is 1. The van der Waals surface area contributed by atoms with Crippen LogP contribution in [-0.4, -0.2) is 24.5 Å². The first-order chi connectivity index (χ1) is 17.5. The number of aromatic nitrogens is 1. The van der Waals surface area contributed by atoms with Crippen molar-refractivity contribution in [2.45, 2.75) is 13.0 Å². The minimum absolute atomic E-state index is 0.0434. The molecule has 0 aliphatic carbocycles. The van der Waals surface area contributed by atoms with Gasteiger partial charge in [-0.1, -0.05) is 28.1 Å². The molecule has 0 atom stereocenters. The summed E-state index contributed by atoms with van der Waals surface area (Å²) < 4.78 is 17.9. The van der Waals surface area contributed by atoms with E-state index >= 15 is 0 Å². The van der Waals surface area contributed by atoms with Gasteiger partial charge in [-0.15, -0.1) is 0 Å². The molecular formula is C28H23BrN2O5. The molecule has 0 saturated carbocycles. The van der Waals surface area contributed by atoms with Gasteiger partial charge < -0.3 is 24.2 Å². The summed E-state index contributed by atoms with van der Waals surface area (Å²) in [5, 5.41) is 4.26. The summed E-state index contributed by atoms with van der Waals surface area (Å²) in [7, 11) is 1.63. The van der Waals surface area contributed by atoms with Gasteiger partial charge in [0.05, 0.1) is 12.5 Å². The average molecular weight is 547 g/mol. The summed E-state index contributed by atoms with van der Waals surface area (Å²) >= 11 is 3.41. The van der Waals surface area contributed by atoms with Crippen LogP contribution in [0.3, 0.4) is 0 Å². The fourth-order valence-corrected chi connectivity index (χ4v) is 4.24. The van der Waals surface area contributed by atoms with Gasteiger partial charge >= 0.3 is 0 Å². The number of methoxy groups -OCH3 is 1. The van der Waals surface area contributed by atoms with Gasteiger partial charge in [0.15, 0.2) is 11.2 Å². The van der Waals surface area contributed by atoms with Crippen LogP contribution in [0.5, 0.6) is 11.5 Å². The zero-order valence-corrected chi connectivity index (χ0v) is 21.1. The third-order valence-corrected chi connectivity index (χ3v) is 6.43. The van der Waals surface area contributed by atoms with Crippen molar-refractivity contribution in [3.05, 3.63) is 105 Å². The molecule has 0 aliphatic heterocycles. The van der Waals surface area contributed by atoms with E-state index in [0.717, 1.165) is 32.3 Å². The molecule has 0 unspecified atom stereocenters. The van der Waals surface area contributed by atoms with Crippen LogP contribution >= 0.6 is 15.9 Å². The number of aromatic amines is 1. The number of H-pyrrole nitrogens is 1. The first-order valence-electron chi connectivity index (χ1n) is 11.4. The Bertz CT molecular complexity index is 1600. The minimum atomic E-state index is -0.451. The largest absolute Gasteiger partial charge is 0.497 e. The SMILES string of the molecule is COc1ccc2[nH]cc(CCNC(=O)c3cc(=O)c4ccc(OCc5ccc(Br)cc5)cc4o3)c2c1. The number of hydrogen-bond donors (Lipinski definition) is 2. The Kier molecular flexibility index (Phi) is 6.77. The van der Waals surface area contributed by atoms with Crippen molar-refractivity contribution in [1.29, 1.82) is 0 Å². The molecule has 0 bridgehead atoms. The standard InChI is InChI=1S/C28H23BrN2O5/c1-34-20-7-9-24-23(12-20)18(15-31-24)10-11-30-28(33)27-14-25(32)22-8-6-21(13-26(22)36-27)35-16-17-2-4-19(29)5-3-17/h2-9,12-15,31H,10-11,16H2,1H3,(H,30,33). The lowest BCUT2D eigenvalue weighted by molar-refractivity contribution is 0.0927. The Morgan fingerprint density at radius 1 is 1.00 bits per heavy atom. The van der Waals surface area contributed by atoms with Crippen molar-refractivity contribution in [1.82, 2.24) is 10.3 Å². The van der Waals surface area contributed by atoms with E-state index in [9.17, 15) is 9.59 Å². The number of ether oxygens (including phenoxy) is 2. The van der Waals surface area contributed by atoms with Gasteiger partial charge in [0.1, 0.15) is 23.7 Å². The number of halogens is 1. The van der Waals surface area contributed by atoms with Crippen LogP contribution in [0.25, 0.3) is 21.9 Å². The second kappa shape index (κ2) is 10.3. The lowest BCUT2D eigenvalue weighted by Crippen LogP contribution is -2.26. The van der Waals surface area contributed by atoms with Crippen LogP contribution in [0.15, 0.2) is 86.6 Å². The zero-order chi connectivity index (χ0) is 25.1. The fraction of sp³-hybridized carbons (Fsp3) is 0.143. The van der Waals surface area contributed by atoms with Crippen molar-refractivity contribution in [3.63, 3.8) is 0 Å². The van der Waals surface area contributed by atoms with E-state index in [1.807, 2.05) is 48.7 Å². The molecule has 2 heterocycles. The summed E-state index contributed by atoms with van der Waals surface area (Å²) in [5.74, 6) is 0.817. The molecule has 1 amide bonds. The van der Waals surface area contributed by atoms with E-state index in [1.165, 1.54) is 6.07 Å². The quantitative estimate of drug-likeness (QED) is 0.264. The number of benzene rings is 3. The van der Waals surface area contributed by atoms with E-state index in [4.69, 9.17) is 13.9 Å². The van der Waals surface area contributed by atoms with Gasteiger partial charge in [-0.25, -0.2) is 0 Å². The first-order valence-corrected chi connectivity index (χ1v) is 12.2. The topological polar surface area (TPSA) is 93.6 Å². The number of rotatable bonds is 8. The predicted octanol–water partition coefficient (Wildman–Crippen LogP) is 5.60. The molecule has 0 aliphatic rings. The highest BCUT2D eigenvalue weighted by Gasteiger charge is 2.14. The predicted molar refractivity (Wildman–Crippen MR) is 142 cm³/mol. The third-order valence-electron chi connectivity index (χ3n) is 5.90. The molecule has 2 aromatic heterocycles. The maximum atomic E-state index is 12.7. The number of fused-ring (bicyclic) bond motifs is 2. The molecule has 0 spiro atoms. The van der Waals surface area contributed by atoms with Gasteiger partial charge in [-0.3, -0.25) is 9.59 Å². The van der Waals surface area contributed by atoms with Crippen LogP contribution in [0.4, 0.5) is 0 Å². The second-order valence-electron chi connectivity index (χ2n) is 8.28. The van der Waals surface area contributed by atoms with Crippen LogP contribution in [0, 0.1) is 0 Å². The summed E-state index contributed by atoms with van der Waals surface area (Å²) in [5.41, 5.74) is 3.06. The van der Waals surface area contributed by atoms with Gasteiger partial charge in [-0.2, -0.15) is 0 Å². The molecule has 0 fully saturated rings. The molecule has 0 saturated heterocycles. The maximum absolute atomic E-state index is 12.7. The van der Waals surface area contributed by atoms with Gasteiger partial charge in [0.25, 0.3) is 5.91 Å². The van der Waals surface area contributed by atoms with Crippen LogP contribution in [0.1, 0.15) is 21.7 Å². The van der Waals surface area contributed by atoms with Gasteiger partial charge in [0.2, 0.25) is 0 Å². The molecule has 2 N–H and O–H groups in total. The zero-order valence-electron chi connectivity index (χ0n) is 19.5. The third kappa shape index (κ3) is 5.13. The summed E-state index contributed by atoms with van der Waals surface area (Å²) in [6.45, 7) is 0.740. The minimum Gasteiger partial charge on any atom is -0.497 e. The highest BCUT2D eigenvalue weighted by Crippen LogP contribution is 2.24. The molecule has 7 nitrogen and oxygen atoms in total. The summed E-state index contributed by atoms with van der Waals surface area (Å²) in [4.78, 5) is 28.6. The summed E-state index contributed by atoms with van der Waals surface area (Å²) in [6.07, 6.45) is 2.52.